The third-order valence-corrected chi connectivity index (χ3v) is 3.08. The summed E-state index contributed by atoms with van der Waals surface area (Å²) in [5.74, 6) is 0. The highest BCUT2D eigenvalue weighted by Gasteiger charge is 2.19. The van der Waals surface area contributed by atoms with Crippen LogP contribution in [0.15, 0.2) is 18.2 Å². The molecule has 0 heterocycles. The number of nitrogens with one attached hydrogen (secondary N) is 1. The first-order valence-electron chi connectivity index (χ1n) is 6.35. The maximum atomic E-state index is 11.7. The minimum Gasteiger partial charge on any atom is -0.444 e. The molecule has 6 heteroatoms. The molecule has 0 saturated carbocycles. The Bertz CT molecular complexity index is 473. The lowest BCUT2D eigenvalue weighted by atomic mass is 10.1. The fraction of sp³-hybridized carbons (Fsp3) is 0.500. The molecular formula is C14H20Cl2N2O2. The lowest BCUT2D eigenvalue weighted by molar-refractivity contribution is 0.0506. The van der Waals surface area contributed by atoms with E-state index < -0.39 is 11.7 Å². The van der Waals surface area contributed by atoms with Crippen LogP contribution in [0.3, 0.4) is 0 Å². The highest BCUT2D eigenvalue weighted by molar-refractivity contribution is 6.33. The lowest BCUT2D eigenvalue weighted by Crippen LogP contribution is -2.44. The molecule has 0 aliphatic rings. The van der Waals surface area contributed by atoms with Crippen LogP contribution in [0, 0.1) is 0 Å². The number of benzene rings is 1. The van der Waals surface area contributed by atoms with E-state index in [-0.39, 0.29) is 12.6 Å². The molecule has 1 atom stereocenters. The zero-order chi connectivity index (χ0) is 15.3. The minimum absolute atomic E-state index is 0.263. The number of hydrogen-bond acceptors (Lipinski definition) is 3. The van der Waals surface area contributed by atoms with E-state index in [1.807, 2.05) is 0 Å². The molecule has 0 aromatic heterocycles. The van der Waals surface area contributed by atoms with E-state index in [0.29, 0.717) is 16.5 Å². The minimum atomic E-state index is -0.545. The van der Waals surface area contributed by atoms with Crippen molar-refractivity contribution in [3.8, 4) is 0 Å². The van der Waals surface area contributed by atoms with Crippen molar-refractivity contribution in [3.63, 3.8) is 0 Å². The van der Waals surface area contributed by atoms with Gasteiger partial charge in [-0.2, -0.15) is 0 Å². The molecule has 0 aliphatic heterocycles. The number of alkyl carbamates (subject to hydrolysis) is 1. The highest BCUT2D eigenvalue weighted by atomic mass is 35.5. The number of halogens is 2. The lowest BCUT2D eigenvalue weighted by Gasteiger charge is -2.23. The number of nitrogens with two attached hydrogens (primary N) is 1. The molecule has 0 spiro atoms. The Labute approximate surface area is 129 Å². The summed E-state index contributed by atoms with van der Waals surface area (Å²) in [5, 5.41) is 3.92. The van der Waals surface area contributed by atoms with Gasteiger partial charge >= 0.3 is 6.09 Å². The molecule has 1 aromatic carbocycles. The van der Waals surface area contributed by atoms with Gasteiger partial charge in [-0.3, -0.25) is 0 Å². The molecule has 1 rings (SSSR count). The molecule has 3 N–H and O–H groups in total. The van der Waals surface area contributed by atoms with Gasteiger partial charge in [-0.05, 0) is 51.0 Å². The first-order chi connectivity index (χ1) is 9.21. The fourth-order valence-corrected chi connectivity index (χ4v) is 2.02. The van der Waals surface area contributed by atoms with E-state index >= 15 is 0 Å². The summed E-state index contributed by atoms with van der Waals surface area (Å²) in [6.07, 6.45) is 0.000823. The zero-order valence-corrected chi connectivity index (χ0v) is 13.4. The zero-order valence-electron chi connectivity index (χ0n) is 11.9. The van der Waals surface area contributed by atoms with E-state index in [1.54, 1.807) is 39.0 Å². The van der Waals surface area contributed by atoms with Crippen molar-refractivity contribution < 1.29 is 9.53 Å². The van der Waals surface area contributed by atoms with Gasteiger partial charge in [0.15, 0.2) is 0 Å². The topological polar surface area (TPSA) is 64.3 Å². The Kier molecular flexibility index (Phi) is 6.11. The summed E-state index contributed by atoms with van der Waals surface area (Å²) in [7, 11) is 0. The summed E-state index contributed by atoms with van der Waals surface area (Å²) < 4.78 is 5.20. The van der Waals surface area contributed by atoms with Crippen LogP contribution in [0.4, 0.5) is 4.79 Å². The molecule has 112 valence electrons. The van der Waals surface area contributed by atoms with Crippen molar-refractivity contribution in [3.05, 3.63) is 33.8 Å². The molecule has 4 nitrogen and oxygen atoms in total. The molecule has 20 heavy (non-hydrogen) atoms. The Morgan fingerprint density at radius 3 is 2.60 bits per heavy atom. The predicted molar refractivity (Wildman–Crippen MR) is 82.4 cm³/mol. The second-order valence-electron chi connectivity index (χ2n) is 5.52. The van der Waals surface area contributed by atoms with Crippen LogP contribution in [0.25, 0.3) is 0 Å². The quantitative estimate of drug-likeness (QED) is 0.894. The molecule has 0 saturated heterocycles. The van der Waals surface area contributed by atoms with Crippen molar-refractivity contribution in [2.75, 3.05) is 6.54 Å². The number of ether oxygens (including phenoxy) is 1. The Balaban J connectivity index is 2.68. The number of hydrogen-bond donors (Lipinski definition) is 2. The smallest absolute Gasteiger partial charge is 0.407 e. The summed E-state index contributed by atoms with van der Waals surface area (Å²) in [6.45, 7) is 5.69. The van der Waals surface area contributed by atoms with Crippen LogP contribution in [0.1, 0.15) is 26.3 Å². The van der Waals surface area contributed by atoms with Crippen LogP contribution in [0.2, 0.25) is 10.0 Å². The molecule has 0 bridgehead atoms. The van der Waals surface area contributed by atoms with Gasteiger partial charge in [-0.25, -0.2) is 4.79 Å². The summed E-state index contributed by atoms with van der Waals surface area (Å²) >= 11 is 12.0. The van der Waals surface area contributed by atoms with Crippen LogP contribution < -0.4 is 11.1 Å². The monoisotopic (exact) mass is 318 g/mol. The molecule has 1 aromatic rings. The van der Waals surface area contributed by atoms with Crippen molar-refractivity contribution in [1.29, 1.82) is 0 Å². The van der Waals surface area contributed by atoms with Crippen molar-refractivity contribution in [2.24, 2.45) is 5.73 Å². The average molecular weight is 319 g/mol. The third kappa shape index (κ3) is 5.99. The summed E-state index contributed by atoms with van der Waals surface area (Å²) in [5.41, 5.74) is 5.97. The first-order valence-corrected chi connectivity index (χ1v) is 7.10. The van der Waals surface area contributed by atoms with Gasteiger partial charge in [0, 0.05) is 22.6 Å². The van der Waals surface area contributed by atoms with E-state index in [0.717, 1.165) is 5.56 Å². The third-order valence-electron chi connectivity index (χ3n) is 2.48. The Hall–Kier alpha value is -0.970. The maximum absolute atomic E-state index is 11.7. The molecule has 0 radical (unpaired) electrons. The highest BCUT2D eigenvalue weighted by Crippen LogP contribution is 2.21. The number of amides is 1. The van der Waals surface area contributed by atoms with E-state index in [1.165, 1.54) is 0 Å². The SMILES string of the molecule is CC(C)(C)OC(=O)NC(CN)Cc1cc(Cl)ccc1Cl. The maximum Gasteiger partial charge on any atom is 0.407 e. The second kappa shape index (κ2) is 7.16. The van der Waals surface area contributed by atoms with Gasteiger partial charge in [0.25, 0.3) is 0 Å². The van der Waals surface area contributed by atoms with Crippen molar-refractivity contribution >= 4 is 29.3 Å². The van der Waals surface area contributed by atoms with Gasteiger partial charge in [0.1, 0.15) is 5.60 Å². The predicted octanol–water partition coefficient (Wildman–Crippen LogP) is 3.39. The molecule has 1 unspecified atom stereocenters. The van der Waals surface area contributed by atoms with Crippen LogP contribution in [0.5, 0.6) is 0 Å². The number of carbonyl (C=O) groups is 1. The summed E-state index contributed by atoms with van der Waals surface area (Å²) in [6, 6.07) is 4.94. The van der Waals surface area contributed by atoms with Crippen LogP contribution in [-0.2, 0) is 11.2 Å². The molecular weight excluding hydrogens is 299 g/mol. The summed E-state index contributed by atoms with van der Waals surface area (Å²) in [4.78, 5) is 11.7. The molecule has 0 aliphatic carbocycles. The number of carbonyl (C=O) groups excluding carboxylic acids is 1. The van der Waals surface area contributed by atoms with Gasteiger partial charge in [0.2, 0.25) is 0 Å². The largest absolute Gasteiger partial charge is 0.444 e. The van der Waals surface area contributed by atoms with E-state index in [4.69, 9.17) is 33.7 Å². The Morgan fingerprint density at radius 1 is 1.40 bits per heavy atom. The first kappa shape index (κ1) is 17.1. The van der Waals surface area contributed by atoms with Crippen LogP contribution in [-0.4, -0.2) is 24.3 Å². The number of rotatable bonds is 4. The van der Waals surface area contributed by atoms with Gasteiger partial charge in [0.05, 0.1) is 0 Å². The standard InChI is InChI=1S/C14H20Cl2N2O2/c1-14(2,3)20-13(19)18-11(8-17)7-9-6-10(15)4-5-12(9)16/h4-6,11H,7-8,17H2,1-3H3,(H,18,19). The molecule has 1 amide bonds. The van der Waals surface area contributed by atoms with Crippen LogP contribution >= 0.6 is 23.2 Å². The van der Waals surface area contributed by atoms with E-state index in [2.05, 4.69) is 5.32 Å². The van der Waals surface area contributed by atoms with Crippen molar-refractivity contribution in [1.82, 2.24) is 5.32 Å². The van der Waals surface area contributed by atoms with Gasteiger partial charge < -0.3 is 15.8 Å². The molecule has 0 fully saturated rings. The Morgan fingerprint density at radius 2 is 2.05 bits per heavy atom. The fourth-order valence-electron chi connectivity index (χ4n) is 1.63. The second-order valence-corrected chi connectivity index (χ2v) is 6.36. The van der Waals surface area contributed by atoms with Crippen molar-refractivity contribution in [2.45, 2.75) is 38.8 Å². The normalized spacial score (nSPS) is 12.9. The van der Waals surface area contributed by atoms with Gasteiger partial charge in [-0.1, -0.05) is 23.2 Å². The van der Waals surface area contributed by atoms with E-state index in [9.17, 15) is 4.79 Å². The average Bonchev–Trinajstić information content (AvgIpc) is 2.30. The van der Waals surface area contributed by atoms with Gasteiger partial charge in [-0.15, -0.1) is 0 Å².